The molecule has 0 unspecified atom stereocenters. The first-order chi connectivity index (χ1) is 36.1. The summed E-state index contributed by atoms with van der Waals surface area (Å²) < 4.78 is 16.7. The number of likely N-dealkylation sites (tertiary alicyclic amines) is 1. The number of ether oxygens (including phenoxy) is 3. The van der Waals surface area contributed by atoms with Gasteiger partial charge in [0.1, 0.15) is 35.1 Å². The number of piperidine rings is 1. The first-order valence-electron chi connectivity index (χ1n) is 27.8. The third-order valence-electron chi connectivity index (χ3n) is 14.7. The lowest BCUT2D eigenvalue weighted by atomic mass is 9.80. The van der Waals surface area contributed by atoms with E-state index < -0.39 is 53.7 Å². The number of carbonyl (C=O) groups is 4. The van der Waals surface area contributed by atoms with E-state index in [0.717, 1.165) is 45.8 Å². The predicted molar refractivity (Wildman–Crippen MR) is 301 cm³/mol. The van der Waals surface area contributed by atoms with Crippen LogP contribution in [0.5, 0.6) is 17.2 Å². The summed E-state index contributed by atoms with van der Waals surface area (Å²) in [5, 5.41) is 42.6. The number of allylic oxidation sites excluding steroid dienone is 5. The van der Waals surface area contributed by atoms with E-state index >= 15 is 0 Å². The molecule has 5 aliphatic heterocycles. The predicted octanol–water partition coefficient (Wildman–Crippen LogP) is 7.27. The number of hydrogen-bond donors (Lipinski definition) is 5. The molecule has 2 aromatic carbocycles. The number of anilines is 1. The van der Waals surface area contributed by atoms with Crippen LogP contribution in [-0.2, 0) is 23.9 Å². The zero-order valence-electron chi connectivity index (χ0n) is 48.4. The average molecular weight is 1060 g/mol. The molecule has 76 heavy (non-hydrogen) atoms. The Morgan fingerprint density at radius 2 is 1.55 bits per heavy atom. The molecule has 17 nitrogen and oxygen atoms in total. The van der Waals surface area contributed by atoms with Gasteiger partial charge in [0.2, 0.25) is 5.91 Å². The molecule has 0 aromatic heterocycles. The highest BCUT2D eigenvalue weighted by Crippen LogP contribution is 2.46. The van der Waals surface area contributed by atoms with Crippen molar-refractivity contribution in [2.75, 3.05) is 92.1 Å². The van der Waals surface area contributed by atoms with Crippen molar-refractivity contribution in [2.45, 2.75) is 139 Å². The van der Waals surface area contributed by atoms with Crippen molar-refractivity contribution < 1.29 is 48.7 Å². The van der Waals surface area contributed by atoms with Crippen LogP contribution in [0, 0.1) is 36.5 Å². The van der Waals surface area contributed by atoms with Crippen molar-refractivity contribution >= 4 is 40.0 Å². The monoisotopic (exact) mass is 1060 g/mol. The van der Waals surface area contributed by atoms with Crippen molar-refractivity contribution in [3.8, 4) is 17.2 Å². The second kappa shape index (κ2) is 30.1. The molecule has 2 aromatic rings. The number of Topliss-reactive ketones (excluding diaryl/α,β-unsaturated/α-hetero) is 1. The molecule has 424 valence electrons. The zero-order valence-corrected chi connectivity index (χ0v) is 48.4. The van der Waals surface area contributed by atoms with Crippen molar-refractivity contribution in [1.29, 1.82) is 0 Å². The first kappa shape index (κ1) is 63.3. The average Bonchev–Trinajstić information content (AvgIpc) is 3.75. The van der Waals surface area contributed by atoms with Crippen LogP contribution in [-0.4, -0.2) is 158 Å². The zero-order chi connectivity index (χ0) is 56.4. The van der Waals surface area contributed by atoms with Crippen molar-refractivity contribution in [1.82, 2.24) is 20.0 Å². The number of aliphatic hydroxyl groups excluding tert-OH is 1. The number of benzene rings is 2. The van der Waals surface area contributed by atoms with Gasteiger partial charge in [-0.2, -0.15) is 0 Å². The van der Waals surface area contributed by atoms with Gasteiger partial charge in [0.15, 0.2) is 17.2 Å². The number of nitrogens with zero attached hydrogens (tertiary/aromatic N) is 5. The minimum atomic E-state index is -0.928. The fraction of sp³-hybridized carbons (Fsp3) is 0.661. The number of ketones is 1. The fourth-order valence-corrected chi connectivity index (χ4v) is 10.5. The lowest BCUT2D eigenvalue weighted by Gasteiger charge is -2.36. The molecule has 0 aliphatic carbocycles. The Bertz CT molecular complexity index is 2510. The summed E-state index contributed by atoms with van der Waals surface area (Å²) in [4.78, 5) is 72.9. The van der Waals surface area contributed by atoms with Gasteiger partial charge in [-0.1, -0.05) is 92.7 Å². The number of likely N-dealkylation sites (N-methyl/N-ethyl adjacent to an activating group) is 1. The van der Waals surface area contributed by atoms with Gasteiger partial charge in [-0.05, 0) is 63.8 Å². The topological polar surface area (TPSA) is 215 Å². The summed E-state index contributed by atoms with van der Waals surface area (Å²) in [6.07, 6.45) is 9.54. The van der Waals surface area contributed by atoms with E-state index in [4.69, 9.17) is 19.5 Å². The maximum absolute atomic E-state index is 14.9. The van der Waals surface area contributed by atoms with Crippen LogP contribution < -0.4 is 26.1 Å². The van der Waals surface area contributed by atoms with E-state index in [0.29, 0.717) is 62.0 Å². The van der Waals surface area contributed by atoms with E-state index in [1.165, 1.54) is 0 Å². The summed E-state index contributed by atoms with van der Waals surface area (Å²) in [7, 11) is 5.34. The summed E-state index contributed by atoms with van der Waals surface area (Å²) in [5.74, 6) is -3.13. The van der Waals surface area contributed by atoms with Crippen molar-refractivity contribution in [3.05, 3.63) is 57.8 Å². The lowest BCUT2D eigenvalue weighted by Crippen LogP contribution is -2.47. The molecule has 2 fully saturated rings. The Hall–Kier alpha value is -5.20. The Balaban J connectivity index is 0.00000241. The number of carbonyl (C=O) groups excluding carboxylic acids is 4. The number of piperazine rings is 1. The van der Waals surface area contributed by atoms with E-state index in [-0.39, 0.29) is 81.0 Å². The van der Waals surface area contributed by atoms with Gasteiger partial charge in [-0.3, -0.25) is 34.1 Å². The summed E-state index contributed by atoms with van der Waals surface area (Å²) in [6, 6.07) is 0. The molecule has 4 bridgehead atoms. The fourth-order valence-electron chi connectivity index (χ4n) is 10.5. The number of nitrogens with one attached hydrogen (secondary N) is 2. The number of methoxy groups -OCH3 is 1. The first-order valence-corrected chi connectivity index (χ1v) is 27.8. The van der Waals surface area contributed by atoms with Crippen LogP contribution in [0.2, 0.25) is 0 Å². The van der Waals surface area contributed by atoms with Gasteiger partial charge in [0, 0.05) is 115 Å². The molecule has 5 aliphatic rings. The number of aliphatic hydroxyl groups is 1. The molecule has 5 heterocycles. The van der Waals surface area contributed by atoms with Crippen molar-refractivity contribution in [2.24, 2.45) is 39.6 Å². The highest BCUT2D eigenvalue weighted by atomic mass is 16.5. The maximum atomic E-state index is 14.9. The van der Waals surface area contributed by atoms with Gasteiger partial charge >= 0.3 is 5.97 Å². The Morgan fingerprint density at radius 1 is 0.908 bits per heavy atom. The minimum absolute atomic E-state index is 0.00413. The number of rotatable bonds is 11. The Kier molecular flexibility index (Phi) is 25.1. The number of hydrogen-bond acceptors (Lipinski definition) is 15. The van der Waals surface area contributed by atoms with Crippen LogP contribution >= 0.6 is 0 Å². The standard InChI is InChI=1S/C55H81N7O9.C2H6O.C2H6/c1-11-29-70-53-39(9)50(67)45-44-43(53)40(63)18-13-12-16-35(5)52(71-42(65)31-41(64)56-21-24-61-27-25-60(10)26-28-61)38(8)49(66)37(7)30-34(4)15-14-17-36(6)54(69)57-48(51(45)68)47-46(44)58-55(59-47)19-22-62(23-20-55)32-33(2)3;1-3-2;1-2/h12-15,17,33-35,37-38,49,52,66-68H,11,16,18-32H2,1-10H3,(H,56,64)(H,57,69);1-2H3;1-2H3/b13-12+,15-14+,36-17-;;/t34-,35+,37+,38+,49+,52+;;/m0../s1. The van der Waals surface area contributed by atoms with Gasteiger partial charge in [0.25, 0.3) is 5.91 Å². The van der Waals surface area contributed by atoms with Crippen LogP contribution in [0.4, 0.5) is 5.69 Å². The van der Waals surface area contributed by atoms with Gasteiger partial charge in [-0.15, -0.1) is 0 Å². The third kappa shape index (κ3) is 16.7. The molecule has 1 spiro atoms. The number of amides is 2. The summed E-state index contributed by atoms with van der Waals surface area (Å²) in [6.45, 7) is 28.9. The SMILES string of the molecule is CC.CCCOc1c(C)c(O)c2c(O)c3c4c(c2c1C(=O)C/C=C/C[C@@H](C)[C@@H](OC(=O)CC(=O)NCCN1CCN(C)CC1)[C@H](C)[C@H](O)[C@H](C)C[C@@H](C)/C=C/C=C(/C)C(=O)N3)=NC1(CCN(CC(C)C)CC1)N=4.COC. The quantitative estimate of drug-likeness (QED) is 0.0649. The summed E-state index contributed by atoms with van der Waals surface area (Å²) >= 11 is 0. The molecule has 2 saturated heterocycles. The number of phenols is 2. The highest BCUT2D eigenvalue weighted by molar-refractivity contribution is 6.16. The Morgan fingerprint density at radius 3 is 2.18 bits per heavy atom. The number of phenolic OH excluding ortho intramolecular Hbond substituents is 2. The Labute approximate surface area is 452 Å². The molecule has 17 heteroatoms. The van der Waals surface area contributed by atoms with E-state index in [1.54, 1.807) is 46.3 Å². The molecule has 5 N–H and O–H groups in total. The van der Waals surface area contributed by atoms with Crippen LogP contribution in [0.25, 0.3) is 10.8 Å². The summed E-state index contributed by atoms with van der Waals surface area (Å²) in [5.41, 5.74) is -0.191. The van der Waals surface area contributed by atoms with Crippen molar-refractivity contribution in [3.63, 3.8) is 0 Å². The number of aromatic hydroxyl groups is 2. The van der Waals surface area contributed by atoms with E-state index in [1.807, 2.05) is 60.6 Å². The number of esters is 1. The number of fused-ring (bicyclic) bond motifs is 14. The van der Waals surface area contributed by atoms with E-state index in [9.17, 15) is 34.5 Å². The third-order valence-corrected chi connectivity index (χ3v) is 14.7. The highest BCUT2D eigenvalue weighted by Gasteiger charge is 2.40. The normalized spacial score (nSPS) is 25.4. The molecule has 2 amide bonds. The smallest absolute Gasteiger partial charge is 0.315 e. The molecular formula is C59H93N7O10. The molecule has 7 rings (SSSR count). The molecule has 0 radical (unpaired) electrons. The van der Waals surface area contributed by atoms with Crippen LogP contribution in [0.1, 0.15) is 130 Å². The van der Waals surface area contributed by atoms with Crippen LogP contribution in [0.15, 0.2) is 45.9 Å². The molecule has 6 atom stereocenters. The largest absolute Gasteiger partial charge is 0.507 e. The van der Waals surface area contributed by atoms with Gasteiger partial charge in [-0.25, -0.2) is 0 Å². The van der Waals surface area contributed by atoms with Crippen LogP contribution in [0.3, 0.4) is 0 Å². The van der Waals surface area contributed by atoms with E-state index in [2.05, 4.69) is 51.0 Å². The van der Waals surface area contributed by atoms with Gasteiger partial charge in [0.05, 0.1) is 29.0 Å². The lowest BCUT2D eigenvalue weighted by molar-refractivity contribution is -0.160. The maximum Gasteiger partial charge on any atom is 0.315 e. The molecule has 0 saturated carbocycles. The second-order valence-electron chi connectivity index (χ2n) is 21.7. The van der Waals surface area contributed by atoms with Gasteiger partial charge < -0.3 is 50.0 Å². The molecular weight excluding hydrogens is 967 g/mol. The second-order valence-corrected chi connectivity index (χ2v) is 21.7. The minimum Gasteiger partial charge on any atom is -0.507 e.